The zero-order valence-corrected chi connectivity index (χ0v) is 11.6. The molecular weight excluding hydrogens is 297 g/mol. The van der Waals surface area contributed by atoms with Crippen LogP contribution < -0.4 is 5.32 Å². The fourth-order valence-electron chi connectivity index (χ4n) is 1.27. The van der Waals surface area contributed by atoms with Crippen molar-refractivity contribution in [3.8, 4) is 0 Å². The van der Waals surface area contributed by atoms with Gasteiger partial charge >= 0.3 is 0 Å². The molecule has 0 saturated heterocycles. The van der Waals surface area contributed by atoms with Gasteiger partial charge in [0.05, 0.1) is 5.03 Å². The Hall–Kier alpha value is -0.180. The maximum atomic E-state index is 6.05. The molecule has 1 aliphatic rings. The summed E-state index contributed by atoms with van der Waals surface area (Å²) in [4.78, 5) is 0. The highest BCUT2D eigenvalue weighted by Crippen LogP contribution is 2.34. The van der Waals surface area contributed by atoms with Crippen LogP contribution in [0.5, 0.6) is 0 Å². The summed E-state index contributed by atoms with van der Waals surface area (Å²) in [5.74, 6) is 0. The zero-order chi connectivity index (χ0) is 11.4. The minimum absolute atomic E-state index is 0.199. The van der Waals surface area contributed by atoms with Crippen molar-refractivity contribution in [2.24, 2.45) is 0 Å². The lowest BCUT2D eigenvalue weighted by atomic mass is 10.1. The number of alkyl halides is 1. The first-order chi connectivity index (χ1) is 7.18. The summed E-state index contributed by atoms with van der Waals surface area (Å²) in [6.45, 7) is 4.00. The van der Waals surface area contributed by atoms with E-state index in [0.29, 0.717) is 5.03 Å². The molecule has 0 amide bonds. The average molecular weight is 309 g/mol. The Labute approximate surface area is 109 Å². The Morgan fingerprint density at radius 3 is 2.67 bits per heavy atom. The van der Waals surface area contributed by atoms with Crippen molar-refractivity contribution >= 4 is 44.2 Å². The van der Waals surface area contributed by atoms with Gasteiger partial charge in [0.15, 0.2) is 0 Å². The van der Waals surface area contributed by atoms with Gasteiger partial charge in [0.25, 0.3) is 0 Å². The molecule has 82 valence electrons. The number of benzene rings is 1. The number of fused-ring (bicyclic) bond motifs is 1. The molecule has 1 aliphatic heterocycles. The van der Waals surface area contributed by atoms with Crippen LogP contribution in [-0.4, -0.2) is 0 Å². The van der Waals surface area contributed by atoms with Crippen molar-refractivity contribution in [1.82, 2.24) is 5.32 Å². The van der Waals surface area contributed by atoms with Crippen molar-refractivity contribution in [3.05, 3.63) is 40.0 Å². The van der Waals surface area contributed by atoms with E-state index in [1.165, 1.54) is 0 Å². The minimum Gasteiger partial charge on any atom is -0.370 e. The van der Waals surface area contributed by atoms with Crippen LogP contribution in [0.4, 0.5) is 0 Å². The van der Waals surface area contributed by atoms with Crippen LogP contribution in [0.3, 0.4) is 0 Å². The molecule has 4 heteroatoms. The SMILES string of the molecule is CC.ClC1=CNC(Cl)c2cc(Br)ccc21. The van der Waals surface area contributed by atoms with Crippen LogP contribution in [0.15, 0.2) is 28.9 Å². The lowest BCUT2D eigenvalue weighted by Gasteiger charge is -2.20. The van der Waals surface area contributed by atoms with Crippen LogP contribution in [-0.2, 0) is 0 Å². The third-order valence-corrected chi connectivity index (χ3v) is 3.07. The second-order valence-corrected chi connectivity index (χ2v) is 4.51. The second kappa shape index (κ2) is 5.78. The van der Waals surface area contributed by atoms with Crippen molar-refractivity contribution in [3.63, 3.8) is 0 Å². The van der Waals surface area contributed by atoms with Crippen LogP contribution in [0.2, 0.25) is 0 Å². The maximum Gasteiger partial charge on any atom is 0.127 e. The highest BCUT2D eigenvalue weighted by molar-refractivity contribution is 9.10. The third-order valence-electron chi connectivity index (χ3n) is 1.90. The highest BCUT2D eigenvalue weighted by Gasteiger charge is 2.17. The number of halogens is 3. The van der Waals surface area contributed by atoms with E-state index in [1.807, 2.05) is 32.0 Å². The molecule has 1 unspecified atom stereocenters. The topological polar surface area (TPSA) is 12.0 Å². The van der Waals surface area contributed by atoms with E-state index < -0.39 is 0 Å². The number of nitrogens with one attached hydrogen (secondary N) is 1. The number of hydrogen-bond donors (Lipinski definition) is 1. The molecule has 1 aromatic rings. The fourth-order valence-corrected chi connectivity index (χ4v) is 2.13. The van der Waals surface area contributed by atoms with E-state index in [2.05, 4.69) is 21.2 Å². The molecule has 0 fully saturated rings. The molecule has 2 rings (SSSR count). The Morgan fingerprint density at radius 2 is 2.00 bits per heavy atom. The summed E-state index contributed by atoms with van der Waals surface area (Å²) in [6.07, 6.45) is 1.72. The maximum absolute atomic E-state index is 6.05. The Bertz CT molecular complexity index is 377. The molecule has 15 heavy (non-hydrogen) atoms. The Kier molecular flexibility index (Phi) is 4.97. The van der Waals surface area contributed by atoms with Crippen LogP contribution in [0, 0.1) is 0 Å². The van der Waals surface area contributed by atoms with Gasteiger partial charge in [-0.05, 0) is 17.7 Å². The van der Waals surface area contributed by atoms with Gasteiger partial charge in [0.1, 0.15) is 5.50 Å². The van der Waals surface area contributed by atoms with E-state index >= 15 is 0 Å². The van der Waals surface area contributed by atoms with Crippen molar-refractivity contribution in [2.75, 3.05) is 0 Å². The summed E-state index contributed by atoms with van der Waals surface area (Å²) >= 11 is 15.4. The van der Waals surface area contributed by atoms with E-state index in [-0.39, 0.29) is 5.50 Å². The van der Waals surface area contributed by atoms with E-state index in [1.54, 1.807) is 6.20 Å². The molecule has 0 saturated carbocycles. The lowest BCUT2D eigenvalue weighted by molar-refractivity contribution is 0.819. The van der Waals surface area contributed by atoms with Crippen molar-refractivity contribution in [1.29, 1.82) is 0 Å². The Balaban J connectivity index is 0.000000531. The summed E-state index contributed by atoms with van der Waals surface area (Å²) in [5.41, 5.74) is 1.79. The summed E-state index contributed by atoms with van der Waals surface area (Å²) < 4.78 is 1.00. The largest absolute Gasteiger partial charge is 0.370 e. The van der Waals surface area contributed by atoms with Gasteiger partial charge < -0.3 is 5.32 Å². The third kappa shape index (κ3) is 2.90. The molecule has 0 bridgehead atoms. The number of rotatable bonds is 0. The molecule has 0 aromatic heterocycles. The molecule has 1 N–H and O–H groups in total. The van der Waals surface area contributed by atoms with Crippen LogP contribution >= 0.6 is 39.1 Å². The predicted octanol–water partition coefficient (Wildman–Crippen LogP) is 4.85. The molecule has 1 atom stereocenters. The van der Waals surface area contributed by atoms with Gasteiger partial charge in [-0.3, -0.25) is 0 Å². The van der Waals surface area contributed by atoms with Gasteiger partial charge in [0.2, 0.25) is 0 Å². The quantitative estimate of drug-likeness (QED) is 0.533. The van der Waals surface area contributed by atoms with E-state index in [9.17, 15) is 0 Å². The van der Waals surface area contributed by atoms with Crippen molar-refractivity contribution < 1.29 is 0 Å². The first kappa shape index (κ1) is 12.9. The molecule has 1 nitrogen and oxygen atoms in total. The second-order valence-electron chi connectivity index (χ2n) is 2.75. The predicted molar refractivity (Wildman–Crippen MR) is 71.0 cm³/mol. The average Bonchev–Trinajstić information content (AvgIpc) is 2.27. The summed E-state index contributed by atoms with van der Waals surface area (Å²) in [6, 6.07) is 5.87. The number of hydrogen-bond acceptors (Lipinski definition) is 1. The molecule has 0 aliphatic carbocycles. The van der Waals surface area contributed by atoms with Gasteiger partial charge in [0, 0.05) is 16.2 Å². The monoisotopic (exact) mass is 307 g/mol. The molecule has 1 heterocycles. The summed E-state index contributed by atoms with van der Waals surface area (Å²) in [5, 5.41) is 3.66. The fraction of sp³-hybridized carbons (Fsp3) is 0.273. The van der Waals surface area contributed by atoms with Crippen molar-refractivity contribution in [2.45, 2.75) is 19.3 Å². The Morgan fingerprint density at radius 1 is 1.33 bits per heavy atom. The normalized spacial score (nSPS) is 17.9. The highest BCUT2D eigenvalue weighted by atomic mass is 79.9. The molecular formula is C11H12BrCl2N. The first-order valence-electron chi connectivity index (χ1n) is 4.74. The summed E-state index contributed by atoms with van der Waals surface area (Å²) in [7, 11) is 0. The molecule has 0 spiro atoms. The zero-order valence-electron chi connectivity index (χ0n) is 8.52. The standard InChI is InChI=1S/C9H6BrCl2N.C2H6/c10-5-1-2-6-7(3-5)9(12)13-4-8(6)11;1-2/h1-4,9,13H;1-2H3. The van der Waals surface area contributed by atoms with Gasteiger partial charge in [-0.15, -0.1) is 0 Å². The minimum atomic E-state index is -0.199. The lowest BCUT2D eigenvalue weighted by Crippen LogP contribution is -2.15. The van der Waals surface area contributed by atoms with E-state index in [0.717, 1.165) is 15.6 Å². The molecule has 1 aromatic carbocycles. The van der Waals surface area contributed by atoms with Crippen LogP contribution in [0.1, 0.15) is 30.5 Å². The van der Waals surface area contributed by atoms with E-state index in [4.69, 9.17) is 23.2 Å². The van der Waals surface area contributed by atoms with Gasteiger partial charge in [-0.25, -0.2) is 0 Å². The van der Waals surface area contributed by atoms with Gasteiger partial charge in [-0.2, -0.15) is 0 Å². The smallest absolute Gasteiger partial charge is 0.127 e. The van der Waals surface area contributed by atoms with Gasteiger partial charge in [-0.1, -0.05) is 59.0 Å². The first-order valence-corrected chi connectivity index (χ1v) is 6.35. The van der Waals surface area contributed by atoms with Crippen LogP contribution in [0.25, 0.3) is 5.03 Å². The molecule has 0 radical (unpaired) electrons.